The van der Waals surface area contributed by atoms with Crippen molar-refractivity contribution >= 4 is 11.8 Å². The van der Waals surface area contributed by atoms with Gasteiger partial charge in [-0.3, -0.25) is 4.99 Å². The molecule has 0 radical (unpaired) electrons. The molecule has 0 saturated carbocycles. The highest BCUT2D eigenvalue weighted by atomic mass is 19.3. The molecule has 1 aromatic heterocycles. The number of hydrogen-bond donors (Lipinski definition) is 2. The van der Waals surface area contributed by atoms with E-state index in [2.05, 4.69) is 36.3 Å². The lowest BCUT2D eigenvalue weighted by Gasteiger charge is -2.28. The maximum absolute atomic E-state index is 12.7. The lowest BCUT2D eigenvalue weighted by molar-refractivity contribution is -0.0504. The third-order valence-electron chi connectivity index (χ3n) is 5.10. The fraction of sp³-hybridized carbons (Fsp3) is 0.455. The number of aromatic nitrogens is 1. The average molecular weight is 434 g/mol. The molecule has 1 aliphatic heterocycles. The van der Waals surface area contributed by atoms with Crippen molar-refractivity contribution < 1.29 is 18.3 Å². The second-order valence-electron chi connectivity index (χ2n) is 7.20. The van der Waals surface area contributed by atoms with Crippen LogP contribution in [0.5, 0.6) is 11.5 Å². The van der Waals surface area contributed by atoms with Crippen molar-refractivity contribution in [1.29, 1.82) is 0 Å². The number of guanidine groups is 1. The molecule has 2 aromatic rings. The van der Waals surface area contributed by atoms with Gasteiger partial charge in [0.15, 0.2) is 5.96 Å². The fourth-order valence-electron chi connectivity index (χ4n) is 3.48. The number of halogens is 2. The fourth-order valence-corrected chi connectivity index (χ4v) is 3.48. The SMILES string of the molecule is CN=C(NCc1ccnc(N2CCCCC2)c1)NCc1cc(OC)ccc1OC(F)F. The van der Waals surface area contributed by atoms with Crippen LogP contribution in [-0.2, 0) is 13.1 Å². The highest BCUT2D eigenvalue weighted by Crippen LogP contribution is 2.25. The number of methoxy groups -OCH3 is 1. The highest BCUT2D eigenvalue weighted by Gasteiger charge is 2.13. The Kier molecular flexibility index (Phi) is 8.26. The second kappa shape index (κ2) is 11.3. The smallest absolute Gasteiger partial charge is 0.387 e. The third kappa shape index (κ3) is 6.70. The number of piperidine rings is 1. The third-order valence-corrected chi connectivity index (χ3v) is 5.10. The van der Waals surface area contributed by atoms with Crippen LogP contribution in [0.25, 0.3) is 0 Å². The van der Waals surface area contributed by atoms with Crippen molar-refractivity contribution in [2.75, 3.05) is 32.1 Å². The minimum Gasteiger partial charge on any atom is -0.497 e. The number of alkyl halides is 2. The van der Waals surface area contributed by atoms with Crippen molar-refractivity contribution in [2.45, 2.75) is 39.0 Å². The number of nitrogens with one attached hydrogen (secondary N) is 2. The Morgan fingerprint density at radius 1 is 1.13 bits per heavy atom. The van der Waals surface area contributed by atoms with Gasteiger partial charge in [-0.1, -0.05) is 0 Å². The average Bonchev–Trinajstić information content (AvgIpc) is 2.80. The van der Waals surface area contributed by atoms with Gasteiger partial charge >= 0.3 is 6.61 Å². The van der Waals surface area contributed by atoms with Crippen LogP contribution in [0.4, 0.5) is 14.6 Å². The van der Waals surface area contributed by atoms with Gasteiger partial charge in [0, 0.05) is 45.0 Å². The van der Waals surface area contributed by atoms with Crippen molar-refractivity contribution in [2.24, 2.45) is 4.99 Å². The van der Waals surface area contributed by atoms with E-state index in [1.54, 1.807) is 19.2 Å². The molecule has 1 aromatic carbocycles. The largest absolute Gasteiger partial charge is 0.497 e. The summed E-state index contributed by atoms with van der Waals surface area (Å²) in [5.74, 6) is 2.19. The van der Waals surface area contributed by atoms with Crippen LogP contribution in [-0.4, -0.2) is 44.8 Å². The first-order valence-corrected chi connectivity index (χ1v) is 10.3. The molecule has 31 heavy (non-hydrogen) atoms. The summed E-state index contributed by atoms with van der Waals surface area (Å²) in [7, 11) is 3.18. The van der Waals surface area contributed by atoms with Crippen molar-refractivity contribution in [3.63, 3.8) is 0 Å². The minimum atomic E-state index is -2.90. The molecule has 0 unspecified atom stereocenters. The van der Waals surface area contributed by atoms with E-state index < -0.39 is 6.61 Å². The zero-order valence-corrected chi connectivity index (χ0v) is 17.9. The summed E-state index contributed by atoms with van der Waals surface area (Å²) in [5.41, 5.74) is 1.63. The lowest BCUT2D eigenvalue weighted by Crippen LogP contribution is -2.36. The van der Waals surface area contributed by atoms with Crippen LogP contribution in [0.2, 0.25) is 0 Å². The number of nitrogens with zero attached hydrogens (tertiary/aromatic N) is 3. The van der Waals surface area contributed by atoms with Gasteiger partial charge in [0.1, 0.15) is 17.3 Å². The summed E-state index contributed by atoms with van der Waals surface area (Å²) >= 11 is 0. The van der Waals surface area contributed by atoms with Gasteiger partial charge in [0.05, 0.1) is 7.11 Å². The van der Waals surface area contributed by atoms with Gasteiger partial charge in [0.25, 0.3) is 0 Å². The van der Waals surface area contributed by atoms with Crippen LogP contribution < -0.4 is 25.0 Å². The number of pyridine rings is 1. The lowest BCUT2D eigenvalue weighted by atomic mass is 10.1. The molecule has 0 spiro atoms. The van der Waals surface area contributed by atoms with E-state index in [1.807, 2.05) is 12.3 Å². The molecule has 0 atom stereocenters. The van der Waals surface area contributed by atoms with Gasteiger partial charge in [0.2, 0.25) is 0 Å². The van der Waals surface area contributed by atoms with Gasteiger partial charge in [-0.25, -0.2) is 4.98 Å². The molecule has 7 nitrogen and oxygen atoms in total. The van der Waals surface area contributed by atoms with Crippen molar-refractivity contribution in [1.82, 2.24) is 15.6 Å². The summed E-state index contributed by atoms with van der Waals surface area (Å²) in [6.45, 7) is -0.0197. The highest BCUT2D eigenvalue weighted by molar-refractivity contribution is 5.79. The molecule has 2 N–H and O–H groups in total. The first-order valence-electron chi connectivity index (χ1n) is 10.3. The van der Waals surface area contributed by atoms with Crippen LogP contribution >= 0.6 is 0 Å². The van der Waals surface area contributed by atoms with E-state index in [4.69, 9.17) is 4.74 Å². The monoisotopic (exact) mass is 433 g/mol. The molecule has 9 heteroatoms. The molecule has 1 saturated heterocycles. The van der Waals surface area contributed by atoms with Crippen LogP contribution in [0.1, 0.15) is 30.4 Å². The topological polar surface area (TPSA) is 71.0 Å². The molecule has 3 rings (SSSR count). The standard InChI is InChI=1S/C22H29F2N5O2/c1-25-22(28-15-17-13-18(30-2)6-7-19(17)31-21(23)24)27-14-16-8-9-26-20(12-16)29-10-4-3-5-11-29/h6-9,12-13,21H,3-5,10-11,14-15H2,1-2H3,(H2,25,27,28). The van der Waals surface area contributed by atoms with E-state index in [0.717, 1.165) is 24.5 Å². The molecule has 0 aliphatic carbocycles. The van der Waals surface area contributed by atoms with Crippen LogP contribution in [0.15, 0.2) is 41.5 Å². The molecule has 2 heterocycles. The second-order valence-corrected chi connectivity index (χ2v) is 7.20. The number of anilines is 1. The quantitative estimate of drug-likeness (QED) is 0.490. The summed E-state index contributed by atoms with van der Waals surface area (Å²) in [6.07, 6.45) is 5.49. The van der Waals surface area contributed by atoms with Crippen molar-refractivity contribution in [3.05, 3.63) is 47.7 Å². The molecular weight excluding hydrogens is 404 g/mol. The zero-order valence-electron chi connectivity index (χ0n) is 17.9. The molecule has 1 aliphatic rings. The summed E-state index contributed by atoms with van der Waals surface area (Å²) < 4.78 is 35.2. The Bertz CT molecular complexity index is 873. The molecule has 0 bridgehead atoms. The maximum atomic E-state index is 12.7. The zero-order chi connectivity index (χ0) is 22.1. The maximum Gasteiger partial charge on any atom is 0.387 e. The number of hydrogen-bond acceptors (Lipinski definition) is 5. The van der Waals surface area contributed by atoms with E-state index in [0.29, 0.717) is 23.8 Å². The minimum absolute atomic E-state index is 0.0964. The Labute approximate surface area is 181 Å². The normalized spacial score (nSPS) is 14.5. The Morgan fingerprint density at radius 3 is 2.61 bits per heavy atom. The first-order chi connectivity index (χ1) is 15.1. The van der Waals surface area contributed by atoms with E-state index >= 15 is 0 Å². The van der Waals surface area contributed by atoms with Gasteiger partial charge < -0.3 is 25.0 Å². The number of rotatable bonds is 8. The van der Waals surface area contributed by atoms with Crippen LogP contribution in [0.3, 0.4) is 0 Å². The Hall–Kier alpha value is -3.10. The summed E-state index contributed by atoms with van der Waals surface area (Å²) in [4.78, 5) is 11.0. The van der Waals surface area contributed by atoms with Crippen LogP contribution in [0, 0.1) is 0 Å². The van der Waals surface area contributed by atoms with E-state index in [1.165, 1.54) is 32.4 Å². The van der Waals surface area contributed by atoms with Gasteiger partial charge in [-0.15, -0.1) is 0 Å². The number of benzene rings is 1. The predicted octanol–water partition coefficient (Wildman–Crippen LogP) is 3.55. The van der Waals surface area contributed by atoms with E-state index in [9.17, 15) is 8.78 Å². The molecule has 168 valence electrons. The molecular formula is C22H29F2N5O2. The Morgan fingerprint density at radius 2 is 1.90 bits per heavy atom. The van der Waals surface area contributed by atoms with Crippen molar-refractivity contribution in [3.8, 4) is 11.5 Å². The van der Waals surface area contributed by atoms with E-state index in [-0.39, 0.29) is 12.3 Å². The molecule has 1 fully saturated rings. The predicted molar refractivity (Wildman–Crippen MR) is 117 cm³/mol. The summed E-state index contributed by atoms with van der Waals surface area (Å²) in [6, 6.07) is 8.76. The first kappa shape index (κ1) is 22.6. The van der Waals surface area contributed by atoms with Gasteiger partial charge in [-0.05, 0) is 55.2 Å². The van der Waals surface area contributed by atoms with Gasteiger partial charge in [-0.2, -0.15) is 8.78 Å². The molecule has 0 amide bonds. The Balaban J connectivity index is 1.59. The number of ether oxygens (including phenoxy) is 2. The number of aliphatic imine (C=N–C) groups is 1. The summed E-state index contributed by atoms with van der Waals surface area (Å²) in [5, 5.41) is 6.38.